The standard InChI is InChI=1S/C19H20N4O3S/c1-12-2-6-14(7-3-12)27(25,26)22-8-9-23-16(11-22)17(19(21)24)15(10-20)18(23)13-4-5-13/h2-3,6-7,13H,4-5,8-9,11H2,1H3,(H2,21,24). The normalized spacial score (nSPS) is 17.3. The first-order valence-electron chi connectivity index (χ1n) is 8.86. The summed E-state index contributed by atoms with van der Waals surface area (Å²) < 4.78 is 29.4. The van der Waals surface area contributed by atoms with Crippen LogP contribution in [0.4, 0.5) is 0 Å². The average Bonchev–Trinajstić information content (AvgIpc) is 3.41. The molecule has 2 aromatic rings. The fourth-order valence-corrected chi connectivity index (χ4v) is 5.18. The van der Waals surface area contributed by atoms with Crippen LogP contribution in [-0.4, -0.2) is 29.7 Å². The fourth-order valence-electron chi connectivity index (χ4n) is 3.79. The Hall–Kier alpha value is -2.63. The van der Waals surface area contributed by atoms with Gasteiger partial charge in [0.1, 0.15) is 6.07 Å². The molecule has 1 aromatic carbocycles. The Kier molecular flexibility index (Phi) is 4.09. The summed E-state index contributed by atoms with van der Waals surface area (Å²) in [6.45, 7) is 2.64. The average molecular weight is 384 g/mol. The largest absolute Gasteiger partial charge is 0.366 e. The van der Waals surface area contributed by atoms with Crippen LogP contribution in [0, 0.1) is 18.3 Å². The number of nitrogens with zero attached hydrogens (tertiary/aromatic N) is 3. The maximum Gasteiger partial charge on any atom is 0.251 e. The number of carbonyl (C=O) groups excluding carboxylic acids is 1. The van der Waals surface area contributed by atoms with Crippen LogP contribution in [0.25, 0.3) is 0 Å². The van der Waals surface area contributed by atoms with Crippen LogP contribution in [0.2, 0.25) is 0 Å². The fraction of sp³-hybridized carbons (Fsp3) is 0.368. The van der Waals surface area contributed by atoms with Crippen LogP contribution in [0.15, 0.2) is 29.2 Å². The van der Waals surface area contributed by atoms with Crippen molar-refractivity contribution in [3.8, 4) is 6.07 Å². The summed E-state index contributed by atoms with van der Waals surface area (Å²) in [5, 5.41) is 9.60. The van der Waals surface area contributed by atoms with Gasteiger partial charge in [-0.15, -0.1) is 0 Å². The number of carbonyl (C=O) groups is 1. The summed E-state index contributed by atoms with van der Waals surface area (Å²) in [7, 11) is -3.69. The van der Waals surface area contributed by atoms with Crippen molar-refractivity contribution >= 4 is 15.9 Å². The molecule has 2 heterocycles. The molecule has 1 aliphatic carbocycles. The van der Waals surface area contributed by atoms with Crippen LogP contribution in [0.3, 0.4) is 0 Å². The summed E-state index contributed by atoms with van der Waals surface area (Å²) in [5.41, 5.74) is 8.39. The molecule has 1 aromatic heterocycles. The number of aryl methyl sites for hydroxylation is 1. The highest BCUT2D eigenvalue weighted by Crippen LogP contribution is 2.45. The van der Waals surface area contributed by atoms with Crippen molar-refractivity contribution in [2.24, 2.45) is 5.73 Å². The van der Waals surface area contributed by atoms with E-state index in [0.717, 1.165) is 24.1 Å². The van der Waals surface area contributed by atoms with Gasteiger partial charge in [0, 0.05) is 30.4 Å². The quantitative estimate of drug-likeness (QED) is 0.867. The number of benzene rings is 1. The molecule has 0 saturated heterocycles. The second kappa shape index (κ2) is 6.22. The van der Waals surface area contributed by atoms with Gasteiger partial charge in [-0.2, -0.15) is 9.57 Å². The van der Waals surface area contributed by atoms with Crippen LogP contribution in [0.5, 0.6) is 0 Å². The molecule has 1 amide bonds. The Morgan fingerprint density at radius 3 is 2.44 bits per heavy atom. The van der Waals surface area contributed by atoms with E-state index in [4.69, 9.17) is 5.73 Å². The van der Waals surface area contributed by atoms with Crippen molar-refractivity contribution in [1.29, 1.82) is 5.26 Å². The number of sulfonamides is 1. The van der Waals surface area contributed by atoms with Crippen molar-refractivity contribution in [2.45, 2.75) is 43.7 Å². The number of hydrogen-bond donors (Lipinski definition) is 1. The Labute approximate surface area is 158 Å². The molecule has 140 valence electrons. The second-order valence-corrected chi connectivity index (χ2v) is 9.07. The lowest BCUT2D eigenvalue weighted by Gasteiger charge is -2.29. The molecule has 1 fully saturated rings. The molecule has 2 N–H and O–H groups in total. The van der Waals surface area contributed by atoms with E-state index in [1.54, 1.807) is 24.3 Å². The van der Waals surface area contributed by atoms with Gasteiger partial charge in [-0.3, -0.25) is 4.79 Å². The Morgan fingerprint density at radius 1 is 1.22 bits per heavy atom. The van der Waals surface area contributed by atoms with Crippen molar-refractivity contribution in [2.75, 3.05) is 6.54 Å². The molecular weight excluding hydrogens is 364 g/mol. The van der Waals surface area contributed by atoms with Gasteiger partial charge < -0.3 is 10.3 Å². The van der Waals surface area contributed by atoms with E-state index >= 15 is 0 Å². The third-order valence-electron chi connectivity index (χ3n) is 5.29. The first-order chi connectivity index (χ1) is 12.8. The Balaban J connectivity index is 1.78. The summed E-state index contributed by atoms with van der Waals surface area (Å²) in [5.74, 6) is -0.427. The molecule has 0 unspecified atom stereocenters. The lowest BCUT2D eigenvalue weighted by Crippen LogP contribution is -2.39. The topological polar surface area (TPSA) is 109 Å². The monoisotopic (exact) mass is 384 g/mol. The van der Waals surface area contributed by atoms with Gasteiger partial charge >= 0.3 is 0 Å². The number of primary amides is 1. The molecule has 8 heteroatoms. The molecular formula is C19H20N4O3S. The number of aromatic nitrogens is 1. The van der Waals surface area contributed by atoms with Crippen molar-refractivity contribution in [1.82, 2.24) is 8.87 Å². The minimum Gasteiger partial charge on any atom is -0.366 e. The van der Waals surface area contributed by atoms with Crippen LogP contribution < -0.4 is 5.73 Å². The summed E-state index contributed by atoms with van der Waals surface area (Å²) >= 11 is 0. The number of nitriles is 1. The lowest BCUT2D eigenvalue weighted by atomic mass is 10.1. The summed E-state index contributed by atoms with van der Waals surface area (Å²) in [6.07, 6.45) is 1.95. The number of amides is 1. The maximum atomic E-state index is 13.0. The van der Waals surface area contributed by atoms with E-state index in [-0.39, 0.29) is 22.9 Å². The van der Waals surface area contributed by atoms with Gasteiger partial charge in [0.25, 0.3) is 5.91 Å². The van der Waals surface area contributed by atoms with E-state index in [1.807, 2.05) is 11.5 Å². The third kappa shape index (κ3) is 2.83. The van der Waals surface area contributed by atoms with Gasteiger partial charge in [0.05, 0.1) is 22.6 Å². The summed E-state index contributed by atoms with van der Waals surface area (Å²) in [4.78, 5) is 12.3. The predicted molar refractivity (Wildman–Crippen MR) is 98.4 cm³/mol. The van der Waals surface area contributed by atoms with E-state index in [0.29, 0.717) is 24.3 Å². The number of hydrogen-bond acceptors (Lipinski definition) is 4. The minimum atomic E-state index is -3.69. The molecule has 4 rings (SSSR count). The van der Waals surface area contributed by atoms with E-state index in [2.05, 4.69) is 6.07 Å². The van der Waals surface area contributed by atoms with Gasteiger partial charge in [0.2, 0.25) is 10.0 Å². The first-order valence-corrected chi connectivity index (χ1v) is 10.3. The molecule has 27 heavy (non-hydrogen) atoms. The number of fused-ring (bicyclic) bond motifs is 1. The van der Waals surface area contributed by atoms with Gasteiger partial charge in [-0.1, -0.05) is 17.7 Å². The highest BCUT2D eigenvalue weighted by Gasteiger charge is 2.39. The Morgan fingerprint density at radius 2 is 1.89 bits per heavy atom. The highest BCUT2D eigenvalue weighted by molar-refractivity contribution is 7.89. The van der Waals surface area contributed by atoms with Gasteiger partial charge in [-0.25, -0.2) is 8.42 Å². The SMILES string of the molecule is Cc1ccc(S(=O)(=O)N2CCn3c(c(C(N)=O)c(C#N)c3C3CC3)C2)cc1. The van der Waals surface area contributed by atoms with Crippen molar-refractivity contribution in [3.05, 3.63) is 52.3 Å². The second-order valence-electron chi connectivity index (χ2n) is 7.14. The van der Waals surface area contributed by atoms with Crippen LogP contribution in [0.1, 0.15) is 51.6 Å². The minimum absolute atomic E-state index is 0.0376. The van der Waals surface area contributed by atoms with Crippen molar-refractivity contribution in [3.63, 3.8) is 0 Å². The highest BCUT2D eigenvalue weighted by atomic mass is 32.2. The third-order valence-corrected chi connectivity index (χ3v) is 7.15. The number of rotatable bonds is 4. The molecule has 0 spiro atoms. The zero-order valence-electron chi connectivity index (χ0n) is 15.0. The molecule has 1 saturated carbocycles. The van der Waals surface area contributed by atoms with E-state index in [1.165, 1.54) is 4.31 Å². The van der Waals surface area contributed by atoms with E-state index < -0.39 is 15.9 Å². The molecule has 2 aliphatic rings. The summed E-state index contributed by atoms with van der Waals surface area (Å²) in [6, 6.07) is 8.81. The zero-order valence-corrected chi connectivity index (χ0v) is 15.8. The molecule has 0 radical (unpaired) electrons. The lowest BCUT2D eigenvalue weighted by molar-refractivity contribution is 0.0997. The Bertz CT molecular complexity index is 1070. The maximum absolute atomic E-state index is 13.0. The van der Waals surface area contributed by atoms with E-state index in [9.17, 15) is 18.5 Å². The first kappa shape index (κ1) is 17.8. The van der Waals surface area contributed by atoms with Crippen LogP contribution >= 0.6 is 0 Å². The zero-order chi connectivity index (χ0) is 19.3. The van der Waals surface area contributed by atoms with Gasteiger partial charge in [-0.05, 0) is 31.9 Å². The molecule has 0 bridgehead atoms. The molecule has 1 aliphatic heterocycles. The van der Waals surface area contributed by atoms with Crippen LogP contribution in [-0.2, 0) is 23.1 Å². The number of nitrogens with two attached hydrogens (primary N) is 1. The van der Waals surface area contributed by atoms with Crippen molar-refractivity contribution < 1.29 is 13.2 Å². The predicted octanol–water partition coefficient (Wildman–Crippen LogP) is 1.85. The smallest absolute Gasteiger partial charge is 0.251 e. The molecule has 0 atom stereocenters. The molecule has 7 nitrogen and oxygen atoms in total. The van der Waals surface area contributed by atoms with Gasteiger partial charge in [0.15, 0.2) is 0 Å².